The molecule has 0 heterocycles. The van der Waals surface area contributed by atoms with Crippen molar-refractivity contribution in [3.8, 4) is 44.9 Å². The van der Waals surface area contributed by atoms with Crippen LogP contribution < -0.4 is 9.47 Å². The number of aliphatic carboxylic acids is 2. The third-order valence-electron chi connectivity index (χ3n) is 9.10. The van der Waals surface area contributed by atoms with Gasteiger partial charge >= 0.3 is 11.9 Å². The first-order valence-electron chi connectivity index (χ1n) is 16.3. The summed E-state index contributed by atoms with van der Waals surface area (Å²) in [6.07, 6.45) is 0. The third kappa shape index (κ3) is 5.43. The average molecular weight is 655 g/mol. The first kappa shape index (κ1) is 30.7. The Morgan fingerprint density at radius 3 is 1.12 bits per heavy atom. The maximum absolute atomic E-state index is 12.0. The van der Waals surface area contributed by atoms with E-state index in [0.717, 1.165) is 65.3 Å². The number of carboxylic acid groups (broad SMARTS) is 2. The second kappa shape index (κ2) is 12.7. The molecule has 8 aromatic carbocycles. The molecule has 0 aliphatic carbocycles. The molecule has 2 N–H and O–H groups in total. The molecule has 0 fully saturated rings. The lowest BCUT2D eigenvalue weighted by atomic mass is 9.85. The van der Waals surface area contributed by atoms with Gasteiger partial charge in [-0.3, -0.25) is 0 Å². The van der Waals surface area contributed by atoms with Gasteiger partial charge in [0.15, 0.2) is 13.2 Å². The second-order valence-corrected chi connectivity index (χ2v) is 12.1. The molecule has 0 spiro atoms. The molecule has 6 nitrogen and oxygen atoms in total. The van der Waals surface area contributed by atoms with E-state index in [-0.39, 0.29) is 0 Å². The Kier molecular flexibility index (Phi) is 7.82. The number of rotatable bonds is 9. The van der Waals surface area contributed by atoms with Gasteiger partial charge in [0.1, 0.15) is 11.5 Å². The van der Waals surface area contributed by atoms with Gasteiger partial charge in [-0.15, -0.1) is 0 Å². The number of ether oxygens (including phenoxy) is 2. The molecule has 50 heavy (non-hydrogen) atoms. The van der Waals surface area contributed by atoms with Crippen LogP contribution in [0.3, 0.4) is 0 Å². The Morgan fingerprint density at radius 2 is 0.740 bits per heavy atom. The van der Waals surface area contributed by atoms with Gasteiger partial charge in [0.25, 0.3) is 0 Å². The normalized spacial score (nSPS) is 11.3. The molecular weight excluding hydrogens is 624 g/mol. The van der Waals surface area contributed by atoms with E-state index in [1.807, 2.05) is 109 Å². The van der Waals surface area contributed by atoms with Crippen molar-refractivity contribution in [1.82, 2.24) is 0 Å². The lowest BCUT2D eigenvalue weighted by Gasteiger charge is -2.23. The van der Waals surface area contributed by atoms with Crippen LogP contribution in [0.25, 0.3) is 76.5 Å². The summed E-state index contributed by atoms with van der Waals surface area (Å²) in [5.74, 6) is -1.46. The quantitative estimate of drug-likeness (QED) is 0.151. The van der Waals surface area contributed by atoms with Crippen LogP contribution in [-0.2, 0) is 9.59 Å². The first-order valence-corrected chi connectivity index (χ1v) is 16.3. The SMILES string of the molecule is O=C(O)COc1c(-c2c(OCC(=O)O)c3ccccc3c3cc(-c4ccccc4)ccc23)c2ccc(-c3ccccc3)cc2c2ccccc12. The third-order valence-corrected chi connectivity index (χ3v) is 9.10. The number of fused-ring (bicyclic) bond motifs is 6. The fourth-order valence-electron chi connectivity index (χ4n) is 7.00. The Bertz CT molecular complexity index is 2410. The van der Waals surface area contributed by atoms with Crippen LogP contribution in [0.2, 0.25) is 0 Å². The maximum atomic E-state index is 12.0. The van der Waals surface area contributed by atoms with Crippen LogP contribution in [0.15, 0.2) is 146 Å². The number of carbonyl (C=O) groups is 2. The molecule has 0 aliphatic rings. The predicted molar refractivity (Wildman–Crippen MR) is 199 cm³/mol. The first-order chi connectivity index (χ1) is 24.5. The molecule has 6 heteroatoms. The largest absolute Gasteiger partial charge is 0.481 e. The van der Waals surface area contributed by atoms with Crippen molar-refractivity contribution in [3.05, 3.63) is 146 Å². The Morgan fingerprint density at radius 1 is 0.380 bits per heavy atom. The fourth-order valence-corrected chi connectivity index (χ4v) is 7.00. The monoisotopic (exact) mass is 654 g/mol. The average Bonchev–Trinajstić information content (AvgIpc) is 3.16. The minimum atomic E-state index is -1.11. The lowest BCUT2D eigenvalue weighted by molar-refractivity contribution is -0.140. The number of benzene rings is 8. The van der Waals surface area contributed by atoms with Crippen LogP contribution in [0, 0.1) is 0 Å². The zero-order chi connectivity index (χ0) is 34.2. The molecule has 0 aliphatic heterocycles. The predicted octanol–water partition coefficient (Wildman–Crippen LogP) is 10.2. The van der Waals surface area contributed by atoms with Gasteiger partial charge < -0.3 is 19.7 Å². The summed E-state index contributed by atoms with van der Waals surface area (Å²) in [4.78, 5) is 24.0. The topological polar surface area (TPSA) is 93.1 Å². The highest BCUT2D eigenvalue weighted by Gasteiger charge is 2.26. The van der Waals surface area contributed by atoms with E-state index in [9.17, 15) is 19.8 Å². The smallest absolute Gasteiger partial charge is 0.341 e. The van der Waals surface area contributed by atoms with Crippen molar-refractivity contribution in [2.75, 3.05) is 13.2 Å². The molecule has 8 rings (SSSR count). The number of hydrogen-bond donors (Lipinski definition) is 2. The van der Waals surface area contributed by atoms with Crippen LogP contribution in [-0.4, -0.2) is 35.4 Å². The molecular formula is C44H30O6. The molecule has 8 aromatic rings. The molecule has 0 saturated heterocycles. The lowest BCUT2D eigenvalue weighted by Crippen LogP contribution is -2.12. The van der Waals surface area contributed by atoms with E-state index in [0.29, 0.717) is 22.6 Å². The second-order valence-electron chi connectivity index (χ2n) is 12.1. The highest BCUT2D eigenvalue weighted by atomic mass is 16.5. The highest BCUT2D eigenvalue weighted by Crippen LogP contribution is 2.52. The standard InChI is InChI=1S/C44H30O6/c45-39(46)25-49-43-35-17-9-7-15-31(35)37-23-29(27-11-3-1-4-12-27)19-21-33(37)41(43)42-34-22-20-30(28-13-5-2-6-14-28)24-38(34)32-16-8-10-18-36(32)44(42)50-26-40(47)48/h1-24H,25-26H2,(H,45,46)(H,47,48). The van der Waals surface area contributed by atoms with Crippen LogP contribution >= 0.6 is 0 Å². The van der Waals surface area contributed by atoms with Gasteiger partial charge in [-0.2, -0.15) is 0 Å². The van der Waals surface area contributed by atoms with Crippen LogP contribution in [0.5, 0.6) is 11.5 Å². The van der Waals surface area contributed by atoms with Crippen molar-refractivity contribution in [2.45, 2.75) is 0 Å². The minimum absolute atomic E-state index is 0.381. The highest BCUT2D eigenvalue weighted by molar-refractivity contribution is 6.25. The molecule has 0 bridgehead atoms. The van der Waals surface area contributed by atoms with E-state index >= 15 is 0 Å². The van der Waals surface area contributed by atoms with Gasteiger partial charge in [-0.1, -0.05) is 133 Å². The van der Waals surface area contributed by atoms with E-state index < -0.39 is 25.2 Å². The molecule has 0 radical (unpaired) electrons. The van der Waals surface area contributed by atoms with Crippen LogP contribution in [0.1, 0.15) is 0 Å². The molecule has 0 unspecified atom stereocenters. The zero-order valence-electron chi connectivity index (χ0n) is 26.8. The minimum Gasteiger partial charge on any atom is -0.481 e. The van der Waals surface area contributed by atoms with Crippen molar-refractivity contribution in [1.29, 1.82) is 0 Å². The van der Waals surface area contributed by atoms with Crippen molar-refractivity contribution in [3.63, 3.8) is 0 Å². The van der Waals surface area contributed by atoms with E-state index in [1.54, 1.807) is 0 Å². The zero-order valence-corrected chi connectivity index (χ0v) is 26.8. The molecule has 0 saturated carbocycles. The summed E-state index contributed by atoms with van der Waals surface area (Å²) in [7, 11) is 0. The van der Waals surface area contributed by atoms with Gasteiger partial charge in [0, 0.05) is 21.9 Å². The summed E-state index contributed by atoms with van der Waals surface area (Å²) >= 11 is 0. The summed E-state index contributed by atoms with van der Waals surface area (Å²) in [6, 6.07) is 48.3. The summed E-state index contributed by atoms with van der Waals surface area (Å²) in [5, 5.41) is 26.4. The van der Waals surface area contributed by atoms with E-state index in [2.05, 4.69) is 36.4 Å². The number of carboxylic acids is 2. The van der Waals surface area contributed by atoms with Gasteiger partial charge in [-0.25, -0.2) is 9.59 Å². The Labute approximate surface area is 287 Å². The van der Waals surface area contributed by atoms with Crippen LogP contribution in [0.4, 0.5) is 0 Å². The van der Waals surface area contributed by atoms with Crippen molar-refractivity contribution >= 4 is 55.0 Å². The summed E-state index contributed by atoms with van der Waals surface area (Å²) in [5.41, 5.74) is 5.41. The van der Waals surface area contributed by atoms with Gasteiger partial charge in [0.2, 0.25) is 0 Å². The van der Waals surface area contributed by atoms with Gasteiger partial charge in [0.05, 0.1) is 0 Å². The van der Waals surface area contributed by atoms with Crippen molar-refractivity contribution in [2.24, 2.45) is 0 Å². The van der Waals surface area contributed by atoms with Crippen molar-refractivity contribution < 1.29 is 29.3 Å². The molecule has 0 aromatic heterocycles. The molecule has 0 atom stereocenters. The van der Waals surface area contributed by atoms with Gasteiger partial charge in [-0.05, 0) is 66.7 Å². The Balaban J connectivity index is 1.55. The summed E-state index contributed by atoms with van der Waals surface area (Å²) in [6.45, 7) is -1.14. The molecule has 242 valence electrons. The van der Waals surface area contributed by atoms with E-state index in [1.165, 1.54) is 0 Å². The molecule has 0 amide bonds. The van der Waals surface area contributed by atoms with E-state index in [4.69, 9.17) is 9.47 Å². The number of hydrogen-bond acceptors (Lipinski definition) is 4. The Hall–Kier alpha value is -6.66. The summed E-state index contributed by atoms with van der Waals surface area (Å²) < 4.78 is 12.5. The fraction of sp³-hybridized carbons (Fsp3) is 0.0455. The maximum Gasteiger partial charge on any atom is 0.341 e.